The molecule has 0 aromatic heterocycles. The molecular formula is C10H9Cl3O2. The first kappa shape index (κ1) is 12.6. The fraction of sp³-hybridized carbons (Fsp3) is 0.300. The normalized spacial score (nSPS) is 12.2. The molecule has 0 radical (unpaired) electrons. The van der Waals surface area contributed by atoms with E-state index < -0.39 is 5.43 Å². The van der Waals surface area contributed by atoms with E-state index in [1.165, 1.54) is 0 Å². The summed E-state index contributed by atoms with van der Waals surface area (Å²) in [6, 6.07) is 7.06. The third-order valence-electron chi connectivity index (χ3n) is 1.77. The van der Waals surface area contributed by atoms with Crippen LogP contribution < -0.4 is 4.74 Å². The average molecular weight is 268 g/mol. The molecule has 0 aliphatic rings. The summed E-state index contributed by atoms with van der Waals surface area (Å²) in [7, 11) is 0. The monoisotopic (exact) mass is 266 g/mol. The van der Waals surface area contributed by atoms with Gasteiger partial charge in [0.05, 0.1) is 5.38 Å². The lowest BCUT2D eigenvalue weighted by atomic mass is 10.1. The van der Waals surface area contributed by atoms with Crippen LogP contribution >= 0.6 is 34.8 Å². The molecular weight excluding hydrogens is 258 g/mol. The first-order valence-corrected chi connectivity index (χ1v) is 5.63. The summed E-state index contributed by atoms with van der Waals surface area (Å²) in [4.78, 5) is 10.6. The summed E-state index contributed by atoms with van der Waals surface area (Å²) in [6.07, 6.45) is 0.533. The van der Waals surface area contributed by atoms with Crippen LogP contribution in [0.1, 0.15) is 5.56 Å². The highest BCUT2D eigenvalue weighted by Crippen LogP contribution is 2.22. The van der Waals surface area contributed by atoms with Crippen molar-refractivity contribution in [1.29, 1.82) is 0 Å². The minimum atomic E-state index is -0.862. The van der Waals surface area contributed by atoms with Gasteiger partial charge in [-0.15, -0.1) is 23.2 Å². The molecule has 0 heterocycles. The number of carbonyl (C=O) groups excluding carboxylic acids is 1. The summed E-state index contributed by atoms with van der Waals surface area (Å²) in [5.74, 6) is 0.762. The number of benzene rings is 1. The van der Waals surface area contributed by atoms with Gasteiger partial charge in [-0.05, 0) is 18.1 Å². The largest absolute Gasteiger partial charge is 0.414 e. The van der Waals surface area contributed by atoms with Gasteiger partial charge in [0.2, 0.25) is 0 Å². The molecule has 1 aromatic carbocycles. The average Bonchev–Trinajstić information content (AvgIpc) is 2.20. The van der Waals surface area contributed by atoms with Gasteiger partial charge in [0.1, 0.15) is 5.75 Å². The van der Waals surface area contributed by atoms with Crippen LogP contribution in [-0.4, -0.2) is 16.7 Å². The van der Waals surface area contributed by atoms with Crippen LogP contribution in [-0.2, 0) is 6.42 Å². The number of hydrogen-bond donors (Lipinski definition) is 0. The Kier molecular flexibility index (Phi) is 5.23. The summed E-state index contributed by atoms with van der Waals surface area (Å²) in [6.45, 7) is 0. The van der Waals surface area contributed by atoms with Gasteiger partial charge >= 0.3 is 5.43 Å². The van der Waals surface area contributed by atoms with Gasteiger partial charge in [-0.3, -0.25) is 0 Å². The maximum Gasteiger partial charge on any atom is 0.409 e. The number of ether oxygens (including phenoxy) is 1. The zero-order valence-electron chi connectivity index (χ0n) is 7.75. The van der Waals surface area contributed by atoms with E-state index in [9.17, 15) is 4.79 Å². The van der Waals surface area contributed by atoms with Crippen molar-refractivity contribution in [1.82, 2.24) is 0 Å². The van der Waals surface area contributed by atoms with Crippen LogP contribution in [0, 0.1) is 0 Å². The summed E-state index contributed by atoms with van der Waals surface area (Å²) >= 11 is 16.6. The maximum absolute atomic E-state index is 10.6. The molecule has 0 amide bonds. The molecule has 5 heteroatoms. The zero-order valence-corrected chi connectivity index (χ0v) is 10.0. The van der Waals surface area contributed by atoms with Crippen molar-refractivity contribution in [3.63, 3.8) is 0 Å². The van der Waals surface area contributed by atoms with E-state index >= 15 is 0 Å². The van der Waals surface area contributed by atoms with Gasteiger partial charge in [0.25, 0.3) is 0 Å². The Morgan fingerprint density at radius 2 is 2.07 bits per heavy atom. The molecule has 0 aliphatic heterocycles. The zero-order chi connectivity index (χ0) is 11.3. The van der Waals surface area contributed by atoms with Gasteiger partial charge in [-0.1, -0.05) is 18.2 Å². The summed E-state index contributed by atoms with van der Waals surface area (Å²) in [5.41, 5.74) is -0.0494. The Morgan fingerprint density at radius 3 is 2.67 bits per heavy atom. The molecule has 0 saturated heterocycles. The SMILES string of the molecule is O=C(Cl)Oc1ccccc1CC(Cl)CCl. The lowest BCUT2D eigenvalue weighted by Crippen LogP contribution is -2.07. The number of rotatable bonds is 4. The van der Waals surface area contributed by atoms with Crippen molar-refractivity contribution in [2.24, 2.45) is 0 Å². The first-order valence-electron chi connectivity index (χ1n) is 4.28. The Morgan fingerprint density at radius 1 is 1.40 bits per heavy atom. The van der Waals surface area contributed by atoms with E-state index in [-0.39, 0.29) is 5.38 Å². The van der Waals surface area contributed by atoms with Gasteiger partial charge in [0, 0.05) is 17.5 Å². The Hall–Kier alpha value is -0.440. The lowest BCUT2D eigenvalue weighted by Gasteiger charge is -2.09. The van der Waals surface area contributed by atoms with E-state index in [1.807, 2.05) is 12.1 Å². The lowest BCUT2D eigenvalue weighted by molar-refractivity contribution is 0.225. The molecule has 15 heavy (non-hydrogen) atoms. The predicted molar refractivity (Wildman–Crippen MR) is 62.4 cm³/mol. The second kappa shape index (κ2) is 6.21. The van der Waals surface area contributed by atoms with E-state index in [1.54, 1.807) is 12.1 Å². The number of halogens is 3. The van der Waals surface area contributed by atoms with Crippen molar-refractivity contribution in [2.75, 3.05) is 5.88 Å². The molecule has 0 N–H and O–H groups in total. The summed E-state index contributed by atoms with van der Waals surface area (Å²) < 4.78 is 4.82. The second-order valence-electron chi connectivity index (χ2n) is 2.90. The quantitative estimate of drug-likeness (QED) is 0.612. The number of para-hydroxylation sites is 1. The van der Waals surface area contributed by atoms with Crippen LogP contribution in [0.4, 0.5) is 4.79 Å². The molecule has 1 rings (SSSR count). The minimum Gasteiger partial charge on any atom is -0.414 e. The van der Waals surface area contributed by atoms with Gasteiger partial charge in [-0.2, -0.15) is 0 Å². The molecule has 0 fully saturated rings. The van der Waals surface area contributed by atoms with E-state index in [4.69, 9.17) is 39.5 Å². The molecule has 0 aliphatic carbocycles. The second-order valence-corrected chi connectivity index (χ2v) is 4.14. The van der Waals surface area contributed by atoms with Crippen molar-refractivity contribution in [3.8, 4) is 5.75 Å². The molecule has 0 bridgehead atoms. The van der Waals surface area contributed by atoms with Crippen molar-refractivity contribution < 1.29 is 9.53 Å². The number of hydrogen-bond acceptors (Lipinski definition) is 2. The molecule has 1 aromatic rings. The topological polar surface area (TPSA) is 26.3 Å². The third-order valence-corrected chi connectivity index (χ3v) is 2.69. The summed E-state index contributed by atoms with van der Waals surface area (Å²) in [5, 5.41) is -0.193. The van der Waals surface area contributed by atoms with Crippen LogP contribution in [0.15, 0.2) is 24.3 Å². The molecule has 0 spiro atoms. The predicted octanol–water partition coefficient (Wildman–Crippen LogP) is 3.81. The smallest absolute Gasteiger partial charge is 0.409 e. The van der Waals surface area contributed by atoms with Crippen LogP contribution in [0.25, 0.3) is 0 Å². The number of carbonyl (C=O) groups is 1. The molecule has 2 nitrogen and oxygen atoms in total. The van der Waals surface area contributed by atoms with Crippen molar-refractivity contribution in [3.05, 3.63) is 29.8 Å². The Bertz CT molecular complexity index is 341. The molecule has 82 valence electrons. The fourth-order valence-corrected chi connectivity index (χ4v) is 1.51. The Balaban J connectivity index is 2.81. The van der Waals surface area contributed by atoms with Crippen molar-refractivity contribution >= 4 is 40.2 Å². The minimum absolute atomic E-state index is 0.193. The standard InChI is InChI=1S/C10H9Cl3O2/c11-6-8(12)5-7-3-1-2-4-9(7)15-10(13)14/h1-4,8H,5-6H2. The Labute approximate surface area is 103 Å². The number of alkyl halides is 2. The highest BCUT2D eigenvalue weighted by molar-refractivity contribution is 6.61. The molecule has 1 atom stereocenters. The third kappa shape index (κ3) is 4.29. The fourth-order valence-electron chi connectivity index (χ4n) is 1.15. The first-order chi connectivity index (χ1) is 7.13. The van der Waals surface area contributed by atoms with E-state index in [2.05, 4.69) is 0 Å². The van der Waals surface area contributed by atoms with Gasteiger partial charge in [0.15, 0.2) is 0 Å². The highest BCUT2D eigenvalue weighted by Gasteiger charge is 2.10. The van der Waals surface area contributed by atoms with Gasteiger partial charge < -0.3 is 4.74 Å². The van der Waals surface area contributed by atoms with Crippen molar-refractivity contribution in [2.45, 2.75) is 11.8 Å². The van der Waals surface area contributed by atoms with Crippen LogP contribution in [0.5, 0.6) is 5.75 Å². The van der Waals surface area contributed by atoms with Crippen LogP contribution in [0.3, 0.4) is 0 Å². The van der Waals surface area contributed by atoms with Gasteiger partial charge in [-0.25, -0.2) is 4.79 Å². The van der Waals surface area contributed by atoms with Crippen LogP contribution in [0.2, 0.25) is 0 Å². The van der Waals surface area contributed by atoms with E-state index in [0.29, 0.717) is 18.1 Å². The molecule has 1 unspecified atom stereocenters. The molecule has 0 saturated carbocycles. The maximum atomic E-state index is 10.6. The highest BCUT2D eigenvalue weighted by atomic mass is 35.5. The van der Waals surface area contributed by atoms with E-state index in [0.717, 1.165) is 5.56 Å².